The number of likely N-dealkylation sites (tertiary alicyclic amines) is 1. The predicted molar refractivity (Wildman–Crippen MR) is 67.9 cm³/mol. The van der Waals surface area contributed by atoms with E-state index in [1.807, 2.05) is 0 Å². The van der Waals surface area contributed by atoms with Gasteiger partial charge in [-0.25, -0.2) is 4.79 Å². The Balaban J connectivity index is 2.26. The van der Waals surface area contributed by atoms with Crippen molar-refractivity contribution in [3.05, 3.63) is 0 Å². The molecule has 1 fully saturated rings. The number of hydrogen-bond acceptors (Lipinski definition) is 4. The quantitative estimate of drug-likeness (QED) is 0.635. The Hall–Kier alpha value is -1.34. The average Bonchev–Trinajstić information content (AvgIpc) is 2.35. The highest BCUT2D eigenvalue weighted by atomic mass is 16.5. The normalized spacial score (nSPS) is 18.1. The van der Waals surface area contributed by atoms with E-state index in [4.69, 9.17) is 14.9 Å². The number of carbonyl (C=O) groups excluding carboxylic acids is 1. The lowest BCUT2D eigenvalue weighted by Crippen LogP contribution is -2.48. The second-order valence-electron chi connectivity index (χ2n) is 4.73. The monoisotopic (exact) mass is 274 g/mol. The summed E-state index contributed by atoms with van der Waals surface area (Å²) >= 11 is 0. The smallest absolute Gasteiger partial charge is 0.317 e. The predicted octanol–water partition coefficient (Wildman–Crippen LogP) is 0.0325. The van der Waals surface area contributed by atoms with Crippen LogP contribution in [-0.4, -0.2) is 65.6 Å². The summed E-state index contributed by atoms with van der Waals surface area (Å²) in [6.45, 7) is 3.17. The molecular weight excluding hydrogens is 252 g/mol. The maximum absolute atomic E-state index is 11.9. The van der Waals surface area contributed by atoms with E-state index in [1.54, 1.807) is 11.8 Å². The third kappa shape index (κ3) is 5.89. The van der Waals surface area contributed by atoms with Crippen LogP contribution in [0.4, 0.5) is 4.79 Å². The molecule has 0 aromatic carbocycles. The van der Waals surface area contributed by atoms with Crippen molar-refractivity contribution >= 4 is 12.0 Å². The van der Waals surface area contributed by atoms with Crippen molar-refractivity contribution in [2.24, 2.45) is 0 Å². The zero-order valence-electron chi connectivity index (χ0n) is 11.2. The fourth-order valence-electron chi connectivity index (χ4n) is 2.06. The van der Waals surface area contributed by atoms with Gasteiger partial charge in [-0.3, -0.25) is 4.79 Å². The molecule has 0 radical (unpaired) electrons. The highest BCUT2D eigenvalue weighted by Gasteiger charge is 2.24. The Labute approximate surface area is 112 Å². The highest BCUT2D eigenvalue weighted by molar-refractivity contribution is 5.75. The van der Waals surface area contributed by atoms with Gasteiger partial charge in [0, 0.05) is 19.1 Å². The Morgan fingerprint density at radius 3 is 2.58 bits per heavy atom. The summed E-state index contributed by atoms with van der Waals surface area (Å²) in [5.41, 5.74) is 0. The van der Waals surface area contributed by atoms with Crippen LogP contribution in [0, 0.1) is 0 Å². The van der Waals surface area contributed by atoms with Gasteiger partial charge in [0.05, 0.1) is 25.7 Å². The minimum Gasteiger partial charge on any atom is -0.481 e. The number of nitrogens with one attached hydrogen (secondary N) is 1. The van der Waals surface area contributed by atoms with Crippen LogP contribution in [-0.2, 0) is 9.53 Å². The fourth-order valence-corrected chi connectivity index (χ4v) is 2.06. The SMILES string of the molecule is CC(CC(=O)O)NC(=O)N1CCC(OCCO)CC1. The molecule has 0 aromatic heterocycles. The van der Waals surface area contributed by atoms with Gasteiger partial charge in [0.2, 0.25) is 0 Å². The second-order valence-corrected chi connectivity index (χ2v) is 4.73. The molecule has 1 rings (SSSR count). The molecule has 1 aliphatic rings. The van der Waals surface area contributed by atoms with Crippen molar-refractivity contribution in [3.8, 4) is 0 Å². The Morgan fingerprint density at radius 2 is 2.05 bits per heavy atom. The summed E-state index contributed by atoms with van der Waals surface area (Å²) in [5, 5.41) is 19.9. The minimum atomic E-state index is -0.927. The second kappa shape index (κ2) is 7.96. The number of piperidine rings is 1. The summed E-state index contributed by atoms with van der Waals surface area (Å²) in [6, 6.07) is -0.609. The zero-order chi connectivity index (χ0) is 14.3. The first-order chi connectivity index (χ1) is 9.02. The lowest BCUT2D eigenvalue weighted by Gasteiger charge is -2.32. The van der Waals surface area contributed by atoms with Gasteiger partial charge in [-0.05, 0) is 19.8 Å². The van der Waals surface area contributed by atoms with Gasteiger partial charge < -0.3 is 25.2 Å². The van der Waals surface area contributed by atoms with Crippen LogP contribution in [0.1, 0.15) is 26.2 Å². The van der Waals surface area contributed by atoms with E-state index in [0.29, 0.717) is 19.7 Å². The van der Waals surface area contributed by atoms with Crippen LogP contribution >= 0.6 is 0 Å². The lowest BCUT2D eigenvalue weighted by molar-refractivity contribution is -0.137. The molecule has 0 saturated carbocycles. The van der Waals surface area contributed by atoms with Crippen LogP contribution < -0.4 is 5.32 Å². The number of amides is 2. The van der Waals surface area contributed by atoms with E-state index in [9.17, 15) is 9.59 Å². The number of nitrogens with zero attached hydrogens (tertiary/aromatic N) is 1. The molecule has 7 heteroatoms. The molecule has 0 aliphatic carbocycles. The first-order valence-electron chi connectivity index (χ1n) is 6.52. The Morgan fingerprint density at radius 1 is 1.42 bits per heavy atom. The summed E-state index contributed by atoms with van der Waals surface area (Å²) < 4.78 is 5.41. The molecule has 7 nitrogen and oxygen atoms in total. The first kappa shape index (κ1) is 15.7. The van der Waals surface area contributed by atoms with E-state index in [1.165, 1.54) is 0 Å². The van der Waals surface area contributed by atoms with Gasteiger partial charge in [-0.1, -0.05) is 0 Å². The Kier molecular flexibility index (Phi) is 6.58. The van der Waals surface area contributed by atoms with Gasteiger partial charge in [0.15, 0.2) is 0 Å². The first-order valence-corrected chi connectivity index (χ1v) is 6.52. The molecule has 1 unspecified atom stereocenters. The maximum Gasteiger partial charge on any atom is 0.317 e. The van der Waals surface area contributed by atoms with Crippen LogP contribution in [0.25, 0.3) is 0 Å². The molecule has 1 aliphatic heterocycles. The van der Waals surface area contributed by atoms with Crippen LogP contribution in [0.3, 0.4) is 0 Å². The number of aliphatic hydroxyl groups excluding tert-OH is 1. The number of aliphatic carboxylic acids is 1. The molecule has 110 valence electrons. The van der Waals surface area contributed by atoms with E-state index in [0.717, 1.165) is 12.8 Å². The largest absolute Gasteiger partial charge is 0.481 e. The standard InChI is InChI=1S/C12H22N2O5/c1-9(8-11(16)17)13-12(18)14-4-2-10(3-5-14)19-7-6-15/h9-10,15H,2-8H2,1H3,(H,13,18)(H,16,17). The molecular formula is C12H22N2O5. The third-order valence-corrected chi connectivity index (χ3v) is 3.02. The number of rotatable bonds is 6. The van der Waals surface area contributed by atoms with Crippen molar-refractivity contribution in [2.45, 2.75) is 38.3 Å². The molecule has 1 heterocycles. The number of urea groups is 1. The van der Waals surface area contributed by atoms with E-state index in [2.05, 4.69) is 5.32 Å². The minimum absolute atomic E-state index is 0.00734. The van der Waals surface area contributed by atoms with E-state index < -0.39 is 5.97 Å². The number of aliphatic hydroxyl groups is 1. The molecule has 1 saturated heterocycles. The molecule has 0 spiro atoms. The van der Waals surface area contributed by atoms with Crippen molar-refractivity contribution < 1.29 is 24.5 Å². The van der Waals surface area contributed by atoms with Gasteiger partial charge in [0.1, 0.15) is 0 Å². The molecule has 19 heavy (non-hydrogen) atoms. The number of ether oxygens (including phenoxy) is 1. The number of carboxylic acids is 1. The van der Waals surface area contributed by atoms with Gasteiger partial charge in [0.25, 0.3) is 0 Å². The van der Waals surface area contributed by atoms with Gasteiger partial charge in [-0.2, -0.15) is 0 Å². The lowest BCUT2D eigenvalue weighted by atomic mass is 10.1. The molecule has 2 amide bonds. The average molecular weight is 274 g/mol. The summed E-state index contributed by atoms with van der Waals surface area (Å²) in [5.74, 6) is -0.927. The van der Waals surface area contributed by atoms with Crippen LogP contribution in [0.15, 0.2) is 0 Å². The summed E-state index contributed by atoms with van der Waals surface area (Å²) in [6.07, 6.45) is 1.48. The zero-order valence-corrected chi connectivity index (χ0v) is 11.2. The van der Waals surface area contributed by atoms with Crippen molar-refractivity contribution in [1.29, 1.82) is 0 Å². The van der Waals surface area contributed by atoms with Crippen LogP contribution in [0.2, 0.25) is 0 Å². The maximum atomic E-state index is 11.9. The molecule has 1 atom stereocenters. The van der Waals surface area contributed by atoms with Gasteiger partial charge >= 0.3 is 12.0 Å². The Bertz CT molecular complexity index is 302. The molecule has 0 bridgehead atoms. The molecule has 3 N–H and O–H groups in total. The van der Waals surface area contributed by atoms with Crippen molar-refractivity contribution in [2.75, 3.05) is 26.3 Å². The highest BCUT2D eigenvalue weighted by Crippen LogP contribution is 2.13. The van der Waals surface area contributed by atoms with E-state index in [-0.39, 0.29) is 31.2 Å². The molecule has 0 aromatic rings. The fraction of sp³-hybridized carbons (Fsp3) is 0.833. The summed E-state index contributed by atoms with van der Waals surface area (Å²) in [4.78, 5) is 24.0. The van der Waals surface area contributed by atoms with Crippen molar-refractivity contribution in [3.63, 3.8) is 0 Å². The third-order valence-electron chi connectivity index (χ3n) is 3.02. The topological polar surface area (TPSA) is 99.1 Å². The summed E-state index contributed by atoms with van der Waals surface area (Å²) in [7, 11) is 0. The van der Waals surface area contributed by atoms with Crippen LogP contribution in [0.5, 0.6) is 0 Å². The number of carbonyl (C=O) groups is 2. The number of hydrogen-bond donors (Lipinski definition) is 3. The van der Waals surface area contributed by atoms with E-state index >= 15 is 0 Å². The number of carboxylic acid groups (broad SMARTS) is 1. The van der Waals surface area contributed by atoms with Gasteiger partial charge in [-0.15, -0.1) is 0 Å². The van der Waals surface area contributed by atoms with Crippen molar-refractivity contribution in [1.82, 2.24) is 10.2 Å².